The second-order valence-electron chi connectivity index (χ2n) is 2.03. The maximum absolute atomic E-state index is 11.1. The standard InChI is InChI=1S/C6H7N3O2S/c7-5(12)3-8-6(10)4-1-2-11-9-4/h1-2H,3H2,(H2,7,12)(H,8,10). The van der Waals surface area contributed by atoms with Crippen LogP contribution in [-0.4, -0.2) is 22.6 Å². The van der Waals surface area contributed by atoms with Gasteiger partial charge in [0, 0.05) is 6.07 Å². The van der Waals surface area contributed by atoms with Gasteiger partial charge in [-0.3, -0.25) is 4.79 Å². The van der Waals surface area contributed by atoms with Crippen molar-refractivity contribution in [2.24, 2.45) is 5.73 Å². The van der Waals surface area contributed by atoms with Crippen molar-refractivity contribution in [2.45, 2.75) is 0 Å². The van der Waals surface area contributed by atoms with Crippen molar-refractivity contribution >= 4 is 23.1 Å². The van der Waals surface area contributed by atoms with Gasteiger partial charge in [0.15, 0.2) is 5.69 Å². The summed E-state index contributed by atoms with van der Waals surface area (Å²) in [6.07, 6.45) is 1.32. The lowest BCUT2D eigenvalue weighted by atomic mass is 10.4. The molecule has 6 heteroatoms. The van der Waals surface area contributed by atoms with Crippen molar-refractivity contribution < 1.29 is 9.32 Å². The van der Waals surface area contributed by atoms with Gasteiger partial charge in [-0.2, -0.15) is 0 Å². The number of amides is 1. The fraction of sp³-hybridized carbons (Fsp3) is 0.167. The summed E-state index contributed by atoms with van der Waals surface area (Å²) in [5, 5.41) is 5.88. The molecule has 1 aromatic heterocycles. The molecule has 0 atom stereocenters. The SMILES string of the molecule is NC(=S)CNC(=O)c1ccon1. The molecule has 0 radical (unpaired) electrons. The molecular formula is C6H7N3O2S. The Bertz CT molecular complexity index is 283. The molecule has 0 unspecified atom stereocenters. The monoisotopic (exact) mass is 185 g/mol. The van der Waals surface area contributed by atoms with E-state index in [1.54, 1.807) is 0 Å². The Morgan fingerprint density at radius 2 is 2.58 bits per heavy atom. The van der Waals surface area contributed by atoms with Crippen LogP contribution in [0.2, 0.25) is 0 Å². The Hall–Kier alpha value is -1.43. The Labute approximate surface area is 73.9 Å². The molecule has 1 rings (SSSR count). The van der Waals surface area contributed by atoms with Gasteiger partial charge in [-0.05, 0) is 0 Å². The van der Waals surface area contributed by atoms with Gasteiger partial charge in [-0.25, -0.2) is 0 Å². The average Bonchev–Trinajstić information content (AvgIpc) is 2.51. The van der Waals surface area contributed by atoms with Crippen LogP contribution >= 0.6 is 12.2 Å². The Kier molecular flexibility index (Phi) is 2.76. The summed E-state index contributed by atoms with van der Waals surface area (Å²) >= 11 is 4.56. The molecule has 0 spiro atoms. The first-order chi connectivity index (χ1) is 5.70. The van der Waals surface area contributed by atoms with E-state index >= 15 is 0 Å². The summed E-state index contributed by atoms with van der Waals surface area (Å²) in [5.41, 5.74) is 5.38. The molecule has 0 aliphatic heterocycles. The van der Waals surface area contributed by atoms with E-state index in [9.17, 15) is 4.79 Å². The summed E-state index contributed by atoms with van der Waals surface area (Å²) in [5.74, 6) is -0.350. The highest BCUT2D eigenvalue weighted by Gasteiger charge is 2.07. The first-order valence-electron chi connectivity index (χ1n) is 3.17. The molecule has 64 valence electrons. The normalized spacial score (nSPS) is 9.33. The number of carbonyl (C=O) groups excluding carboxylic acids is 1. The zero-order chi connectivity index (χ0) is 8.97. The van der Waals surface area contributed by atoms with Gasteiger partial charge in [0.05, 0.1) is 11.5 Å². The topological polar surface area (TPSA) is 81.1 Å². The van der Waals surface area contributed by atoms with Crippen LogP contribution < -0.4 is 11.1 Å². The van der Waals surface area contributed by atoms with Gasteiger partial charge < -0.3 is 15.6 Å². The van der Waals surface area contributed by atoms with Gasteiger partial charge >= 0.3 is 0 Å². The minimum atomic E-state index is -0.350. The summed E-state index contributed by atoms with van der Waals surface area (Å²) in [7, 11) is 0. The van der Waals surface area contributed by atoms with Crippen LogP contribution in [-0.2, 0) is 0 Å². The number of nitrogens with two attached hydrogens (primary N) is 1. The Morgan fingerprint density at radius 1 is 1.83 bits per heavy atom. The van der Waals surface area contributed by atoms with Gasteiger partial charge in [0.1, 0.15) is 6.26 Å². The lowest BCUT2D eigenvalue weighted by molar-refractivity contribution is 0.0950. The highest BCUT2D eigenvalue weighted by atomic mass is 32.1. The summed E-state index contributed by atoms with van der Waals surface area (Å²) in [4.78, 5) is 11.3. The number of thiocarbonyl (C=S) groups is 1. The van der Waals surface area contributed by atoms with E-state index in [0.29, 0.717) is 0 Å². The molecule has 0 bridgehead atoms. The predicted octanol–water partition coefficient (Wildman–Crippen LogP) is -0.310. The molecular weight excluding hydrogens is 178 g/mol. The molecule has 0 fully saturated rings. The number of carbonyl (C=O) groups is 1. The van der Waals surface area contributed by atoms with E-state index in [-0.39, 0.29) is 23.1 Å². The molecule has 0 aliphatic rings. The highest BCUT2D eigenvalue weighted by molar-refractivity contribution is 7.80. The molecule has 0 aromatic carbocycles. The van der Waals surface area contributed by atoms with Gasteiger partial charge in [-0.1, -0.05) is 17.4 Å². The van der Waals surface area contributed by atoms with E-state index in [4.69, 9.17) is 5.73 Å². The third-order valence-electron chi connectivity index (χ3n) is 1.09. The van der Waals surface area contributed by atoms with Gasteiger partial charge in [0.25, 0.3) is 5.91 Å². The number of nitrogens with one attached hydrogen (secondary N) is 1. The molecule has 3 N–H and O–H groups in total. The predicted molar refractivity (Wildman–Crippen MR) is 45.6 cm³/mol. The minimum absolute atomic E-state index is 0.168. The van der Waals surface area contributed by atoms with Crippen molar-refractivity contribution in [3.8, 4) is 0 Å². The lowest BCUT2D eigenvalue weighted by Gasteiger charge is -1.98. The lowest BCUT2D eigenvalue weighted by Crippen LogP contribution is -2.32. The number of nitrogens with zero attached hydrogens (tertiary/aromatic N) is 1. The van der Waals surface area contributed by atoms with Crippen LogP contribution in [0.1, 0.15) is 10.5 Å². The van der Waals surface area contributed by atoms with Crippen LogP contribution in [0.3, 0.4) is 0 Å². The number of hydrogen-bond acceptors (Lipinski definition) is 4. The van der Waals surface area contributed by atoms with E-state index in [2.05, 4.69) is 27.2 Å². The second kappa shape index (κ2) is 3.82. The highest BCUT2D eigenvalue weighted by Crippen LogP contribution is 1.92. The fourth-order valence-corrected chi connectivity index (χ4v) is 0.660. The molecule has 0 aliphatic carbocycles. The van der Waals surface area contributed by atoms with Crippen LogP contribution in [0.4, 0.5) is 0 Å². The molecule has 1 aromatic rings. The maximum Gasteiger partial charge on any atom is 0.273 e. The minimum Gasteiger partial charge on any atom is -0.392 e. The number of hydrogen-bond donors (Lipinski definition) is 2. The van der Waals surface area contributed by atoms with Crippen LogP contribution in [0.5, 0.6) is 0 Å². The summed E-state index contributed by atoms with van der Waals surface area (Å²) < 4.78 is 4.47. The van der Waals surface area contributed by atoms with Gasteiger partial charge in [0.2, 0.25) is 0 Å². The summed E-state index contributed by atoms with van der Waals surface area (Å²) in [6, 6.07) is 1.45. The van der Waals surface area contributed by atoms with Crippen LogP contribution in [0.15, 0.2) is 16.9 Å². The molecule has 0 saturated carbocycles. The number of rotatable bonds is 3. The van der Waals surface area contributed by atoms with Crippen molar-refractivity contribution in [1.82, 2.24) is 10.5 Å². The average molecular weight is 185 g/mol. The Balaban J connectivity index is 2.45. The quantitative estimate of drug-likeness (QED) is 0.631. The zero-order valence-electron chi connectivity index (χ0n) is 6.11. The van der Waals surface area contributed by atoms with E-state index < -0.39 is 0 Å². The zero-order valence-corrected chi connectivity index (χ0v) is 6.93. The van der Waals surface area contributed by atoms with E-state index in [0.717, 1.165) is 0 Å². The third kappa shape index (κ3) is 2.31. The fourth-order valence-electron chi connectivity index (χ4n) is 0.588. The first kappa shape index (κ1) is 8.66. The van der Waals surface area contributed by atoms with Crippen molar-refractivity contribution in [2.75, 3.05) is 6.54 Å². The Morgan fingerprint density at radius 3 is 3.08 bits per heavy atom. The van der Waals surface area contributed by atoms with E-state index in [1.807, 2.05) is 0 Å². The molecule has 1 heterocycles. The third-order valence-corrected chi connectivity index (χ3v) is 1.24. The molecule has 0 saturated heterocycles. The number of aromatic nitrogens is 1. The molecule has 5 nitrogen and oxygen atoms in total. The second-order valence-corrected chi connectivity index (χ2v) is 2.56. The molecule has 12 heavy (non-hydrogen) atoms. The summed E-state index contributed by atoms with van der Waals surface area (Å²) in [6.45, 7) is 0.168. The van der Waals surface area contributed by atoms with Crippen LogP contribution in [0, 0.1) is 0 Å². The molecule has 1 amide bonds. The van der Waals surface area contributed by atoms with Crippen molar-refractivity contribution in [3.63, 3.8) is 0 Å². The van der Waals surface area contributed by atoms with E-state index in [1.165, 1.54) is 12.3 Å². The first-order valence-corrected chi connectivity index (χ1v) is 3.58. The smallest absolute Gasteiger partial charge is 0.273 e. The van der Waals surface area contributed by atoms with Gasteiger partial charge in [-0.15, -0.1) is 0 Å². The maximum atomic E-state index is 11.1. The van der Waals surface area contributed by atoms with Crippen LogP contribution in [0.25, 0.3) is 0 Å². The van der Waals surface area contributed by atoms with Crippen molar-refractivity contribution in [1.29, 1.82) is 0 Å². The largest absolute Gasteiger partial charge is 0.392 e. The van der Waals surface area contributed by atoms with Crippen molar-refractivity contribution in [3.05, 3.63) is 18.0 Å².